The van der Waals surface area contributed by atoms with Gasteiger partial charge in [-0.05, 0) is 31.9 Å². The zero-order valence-corrected chi connectivity index (χ0v) is 15.4. The van der Waals surface area contributed by atoms with Crippen LogP contribution in [0.3, 0.4) is 0 Å². The van der Waals surface area contributed by atoms with E-state index in [1.54, 1.807) is 4.90 Å². The van der Waals surface area contributed by atoms with E-state index in [1.165, 1.54) is 10.8 Å². The summed E-state index contributed by atoms with van der Waals surface area (Å²) in [6, 6.07) is 1.07. The third-order valence-corrected chi connectivity index (χ3v) is 5.29. The zero-order valence-electron chi connectivity index (χ0n) is 15.4. The summed E-state index contributed by atoms with van der Waals surface area (Å²) in [4.78, 5) is 25.1. The van der Waals surface area contributed by atoms with Crippen molar-refractivity contribution in [3.05, 3.63) is 34.1 Å². The summed E-state index contributed by atoms with van der Waals surface area (Å²) in [5, 5.41) is 11.9. The molecule has 1 aliphatic carbocycles. The molecule has 1 aromatic carbocycles. The first-order valence-corrected chi connectivity index (χ1v) is 9.36. The number of likely N-dealkylation sites (N-methyl/N-ethyl adjacent to an activating group) is 1. The van der Waals surface area contributed by atoms with Gasteiger partial charge in [0.2, 0.25) is 5.43 Å². The molecule has 9 heteroatoms. The molecule has 7 nitrogen and oxygen atoms in total. The van der Waals surface area contributed by atoms with Crippen LogP contribution in [0, 0.1) is 11.6 Å². The molecule has 0 amide bonds. The van der Waals surface area contributed by atoms with Gasteiger partial charge in [0.25, 0.3) is 0 Å². The predicted octanol–water partition coefficient (Wildman–Crippen LogP) is 2.86. The molecule has 28 heavy (non-hydrogen) atoms. The molecular weight excluding hydrogens is 372 g/mol. The van der Waals surface area contributed by atoms with E-state index in [9.17, 15) is 14.0 Å². The third-order valence-electron chi connectivity index (χ3n) is 5.29. The molecule has 1 saturated heterocycles. The number of hydrogen-bond acceptors (Lipinski definition) is 5. The minimum Gasteiger partial charge on any atom is -0.449 e. The van der Waals surface area contributed by atoms with Crippen molar-refractivity contribution in [3.63, 3.8) is 0 Å². The Morgan fingerprint density at radius 3 is 2.75 bits per heavy atom. The van der Waals surface area contributed by atoms with Gasteiger partial charge in [-0.2, -0.15) is 0 Å². The first-order valence-electron chi connectivity index (χ1n) is 9.36. The SMILES string of the molecule is CCNC1CCN(c2c(F)cc3c(=O)c(OC(=O)O)cn(C4CC4)c3c2F)C1. The van der Waals surface area contributed by atoms with Crippen LogP contribution in [0.4, 0.5) is 19.3 Å². The normalized spacial score (nSPS) is 19.4. The van der Waals surface area contributed by atoms with Gasteiger partial charge in [0.15, 0.2) is 11.6 Å². The van der Waals surface area contributed by atoms with Crippen LogP contribution < -0.4 is 20.4 Å². The van der Waals surface area contributed by atoms with Crippen molar-refractivity contribution in [1.29, 1.82) is 0 Å². The monoisotopic (exact) mass is 393 g/mol. The van der Waals surface area contributed by atoms with E-state index in [0.717, 1.165) is 31.9 Å². The maximum atomic E-state index is 15.5. The molecule has 1 aromatic heterocycles. The van der Waals surface area contributed by atoms with Crippen molar-refractivity contribution in [3.8, 4) is 5.75 Å². The van der Waals surface area contributed by atoms with Crippen LogP contribution in [0.1, 0.15) is 32.2 Å². The molecule has 2 heterocycles. The van der Waals surface area contributed by atoms with Crippen LogP contribution in [0.15, 0.2) is 17.1 Å². The van der Waals surface area contributed by atoms with Crippen molar-refractivity contribution < 1.29 is 23.4 Å². The van der Waals surface area contributed by atoms with Gasteiger partial charge in [0.05, 0.1) is 17.1 Å². The van der Waals surface area contributed by atoms with Crippen LogP contribution in [0.2, 0.25) is 0 Å². The summed E-state index contributed by atoms with van der Waals surface area (Å²) < 4.78 is 36.4. The number of nitrogens with one attached hydrogen (secondary N) is 1. The fourth-order valence-electron chi connectivity index (χ4n) is 3.92. The Labute approximate surface area is 159 Å². The fourth-order valence-corrected chi connectivity index (χ4v) is 3.92. The Hall–Kier alpha value is -2.68. The van der Waals surface area contributed by atoms with Crippen molar-refractivity contribution in [1.82, 2.24) is 9.88 Å². The van der Waals surface area contributed by atoms with Crippen LogP contribution in [0.5, 0.6) is 5.75 Å². The number of anilines is 1. The molecule has 2 aliphatic rings. The zero-order chi connectivity index (χ0) is 20.0. The Bertz CT molecular complexity index is 1000. The lowest BCUT2D eigenvalue weighted by molar-refractivity contribution is 0.143. The topological polar surface area (TPSA) is 83.8 Å². The summed E-state index contributed by atoms with van der Waals surface area (Å²) in [5.74, 6) is -2.08. The smallest absolute Gasteiger partial charge is 0.449 e. The highest BCUT2D eigenvalue weighted by molar-refractivity contribution is 5.86. The average Bonchev–Trinajstić information content (AvgIpc) is 3.38. The van der Waals surface area contributed by atoms with Gasteiger partial charge in [-0.1, -0.05) is 6.92 Å². The van der Waals surface area contributed by atoms with Crippen molar-refractivity contribution in [2.24, 2.45) is 0 Å². The molecule has 2 fully saturated rings. The lowest BCUT2D eigenvalue weighted by Gasteiger charge is -2.22. The first-order chi connectivity index (χ1) is 13.4. The predicted molar refractivity (Wildman–Crippen MR) is 99.3 cm³/mol. The Morgan fingerprint density at radius 2 is 2.11 bits per heavy atom. The van der Waals surface area contributed by atoms with E-state index in [2.05, 4.69) is 10.1 Å². The number of pyridine rings is 1. The minimum atomic E-state index is -1.65. The summed E-state index contributed by atoms with van der Waals surface area (Å²) >= 11 is 0. The molecule has 1 aliphatic heterocycles. The number of benzene rings is 1. The highest BCUT2D eigenvalue weighted by Gasteiger charge is 2.32. The number of carbonyl (C=O) groups is 1. The molecule has 2 aromatic rings. The van der Waals surface area contributed by atoms with Crippen molar-refractivity contribution in [2.45, 2.75) is 38.3 Å². The fraction of sp³-hybridized carbons (Fsp3) is 0.474. The van der Waals surface area contributed by atoms with Gasteiger partial charge >= 0.3 is 6.16 Å². The number of aromatic nitrogens is 1. The number of nitrogens with zero attached hydrogens (tertiary/aromatic N) is 2. The number of hydrogen-bond donors (Lipinski definition) is 2. The lowest BCUT2D eigenvalue weighted by Crippen LogP contribution is -2.33. The van der Waals surface area contributed by atoms with E-state index in [-0.39, 0.29) is 28.7 Å². The second-order valence-electron chi connectivity index (χ2n) is 7.24. The third kappa shape index (κ3) is 3.19. The Kier molecular flexibility index (Phi) is 4.70. The van der Waals surface area contributed by atoms with Gasteiger partial charge in [-0.3, -0.25) is 4.79 Å². The number of carboxylic acid groups (broad SMARTS) is 1. The summed E-state index contributed by atoms with van der Waals surface area (Å²) in [6.45, 7) is 3.73. The highest BCUT2D eigenvalue weighted by Crippen LogP contribution is 2.40. The minimum absolute atomic E-state index is 0.00598. The van der Waals surface area contributed by atoms with Gasteiger partial charge in [-0.25, -0.2) is 13.6 Å². The molecule has 0 spiro atoms. The Balaban J connectivity index is 1.87. The van der Waals surface area contributed by atoms with Crippen molar-refractivity contribution >= 4 is 22.7 Å². The lowest BCUT2D eigenvalue weighted by atomic mass is 10.1. The second kappa shape index (κ2) is 7.05. The maximum absolute atomic E-state index is 15.5. The maximum Gasteiger partial charge on any atom is 0.511 e. The largest absolute Gasteiger partial charge is 0.511 e. The van der Waals surface area contributed by atoms with Crippen LogP contribution in [-0.4, -0.2) is 41.5 Å². The quantitative estimate of drug-likeness (QED) is 0.760. The van der Waals surface area contributed by atoms with E-state index in [0.29, 0.717) is 13.1 Å². The molecule has 150 valence electrons. The molecule has 0 radical (unpaired) electrons. The number of halogens is 2. The van der Waals surface area contributed by atoms with Crippen molar-refractivity contribution in [2.75, 3.05) is 24.5 Å². The standard InChI is InChI=1S/C19H21F2N3O4/c1-2-22-10-5-6-23(8-10)17-13(20)7-12-16(15(17)21)24(11-3-4-11)9-14(18(12)25)28-19(26)27/h7,9-11,22H,2-6,8H2,1H3,(H,26,27). The van der Waals surface area contributed by atoms with Crippen LogP contribution in [-0.2, 0) is 0 Å². The molecular formula is C19H21F2N3O4. The van der Waals surface area contributed by atoms with Crippen LogP contribution in [0.25, 0.3) is 10.9 Å². The summed E-state index contributed by atoms with van der Waals surface area (Å²) in [5.41, 5.74) is -0.993. The molecule has 0 bridgehead atoms. The number of ether oxygens (including phenoxy) is 1. The van der Waals surface area contributed by atoms with E-state index in [4.69, 9.17) is 5.11 Å². The molecule has 4 rings (SSSR count). The summed E-state index contributed by atoms with van der Waals surface area (Å²) in [6.07, 6.45) is 1.87. The summed E-state index contributed by atoms with van der Waals surface area (Å²) in [7, 11) is 0. The van der Waals surface area contributed by atoms with E-state index >= 15 is 4.39 Å². The number of fused-ring (bicyclic) bond motifs is 1. The Morgan fingerprint density at radius 1 is 1.36 bits per heavy atom. The van der Waals surface area contributed by atoms with Gasteiger partial charge in [0, 0.05) is 25.2 Å². The molecule has 2 N–H and O–H groups in total. The van der Waals surface area contributed by atoms with E-state index in [1.807, 2.05) is 6.92 Å². The molecule has 1 atom stereocenters. The van der Waals surface area contributed by atoms with Gasteiger partial charge in [0.1, 0.15) is 11.5 Å². The second-order valence-corrected chi connectivity index (χ2v) is 7.24. The molecule has 1 saturated carbocycles. The number of rotatable bonds is 5. The van der Waals surface area contributed by atoms with Crippen LogP contribution >= 0.6 is 0 Å². The first kappa shape index (κ1) is 18.7. The average molecular weight is 393 g/mol. The van der Waals surface area contributed by atoms with Gasteiger partial charge < -0.3 is 24.6 Å². The molecule has 1 unspecified atom stereocenters. The highest BCUT2D eigenvalue weighted by atomic mass is 19.1. The van der Waals surface area contributed by atoms with E-state index < -0.39 is 29.0 Å². The van der Waals surface area contributed by atoms with Gasteiger partial charge in [-0.15, -0.1) is 0 Å².